The van der Waals surface area contributed by atoms with Crippen LogP contribution in [0.5, 0.6) is 0 Å². The Morgan fingerprint density at radius 2 is 1.55 bits per heavy atom. The molecule has 0 spiro atoms. The summed E-state index contributed by atoms with van der Waals surface area (Å²) in [6.07, 6.45) is 6.20. The first-order chi connectivity index (χ1) is 9.63. The largest absolute Gasteiger partial charge is 0.376 e. The van der Waals surface area contributed by atoms with Crippen LogP contribution < -0.4 is 5.32 Å². The van der Waals surface area contributed by atoms with Gasteiger partial charge in [-0.05, 0) is 36.9 Å². The summed E-state index contributed by atoms with van der Waals surface area (Å²) in [7, 11) is 3.93. The normalized spacial score (nSPS) is 20.1. The molecule has 1 aromatic carbocycles. The molecule has 2 heteroatoms. The van der Waals surface area contributed by atoms with Gasteiger partial charge >= 0.3 is 0 Å². The summed E-state index contributed by atoms with van der Waals surface area (Å²) in [5.41, 5.74) is 2.71. The highest BCUT2D eigenvalue weighted by molar-refractivity contribution is 5.29. The summed E-state index contributed by atoms with van der Waals surface area (Å²) < 4.78 is 6.00. The SMILES string of the molecule is CNC(c1ccc(C(C)C)cc1)C1(OC)CCCCC1. The highest BCUT2D eigenvalue weighted by Gasteiger charge is 2.40. The van der Waals surface area contributed by atoms with E-state index in [4.69, 9.17) is 4.74 Å². The molecule has 1 N–H and O–H groups in total. The van der Waals surface area contributed by atoms with Crippen LogP contribution in [0.15, 0.2) is 24.3 Å². The van der Waals surface area contributed by atoms with Crippen molar-refractivity contribution in [2.75, 3.05) is 14.2 Å². The summed E-state index contributed by atoms with van der Waals surface area (Å²) in [5.74, 6) is 0.586. The molecule has 20 heavy (non-hydrogen) atoms. The molecule has 1 fully saturated rings. The lowest BCUT2D eigenvalue weighted by Gasteiger charge is -2.42. The third-order valence-corrected chi connectivity index (χ3v) is 4.86. The maximum Gasteiger partial charge on any atom is 0.0872 e. The fraction of sp³-hybridized carbons (Fsp3) is 0.667. The van der Waals surface area contributed by atoms with Crippen molar-refractivity contribution < 1.29 is 4.74 Å². The molecule has 0 saturated heterocycles. The van der Waals surface area contributed by atoms with Crippen molar-refractivity contribution in [1.82, 2.24) is 5.32 Å². The lowest BCUT2D eigenvalue weighted by Crippen LogP contribution is -2.46. The summed E-state index contributed by atoms with van der Waals surface area (Å²) in [5, 5.41) is 3.50. The highest BCUT2D eigenvalue weighted by Crippen LogP contribution is 2.41. The lowest BCUT2D eigenvalue weighted by atomic mass is 9.76. The molecule has 1 aromatic rings. The van der Waals surface area contributed by atoms with E-state index >= 15 is 0 Å². The van der Waals surface area contributed by atoms with Gasteiger partial charge < -0.3 is 10.1 Å². The second kappa shape index (κ2) is 6.73. The number of hydrogen-bond acceptors (Lipinski definition) is 2. The molecule has 2 nitrogen and oxygen atoms in total. The average Bonchev–Trinajstić information content (AvgIpc) is 2.49. The van der Waals surface area contributed by atoms with Gasteiger partial charge in [-0.25, -0.2) is 0 Å². The maximum atomic E-state index is 6.00. The van der Waals surface area contributed by atoms with E-state index in [1.165, 1.54) is 30.4 Å². The topological polar surface area (TPSA) is 21.3 Å². The first-order valence-electron chi connectivity index (χ1n) is 7.95. The molecule has 1 unspecified atom stereocenters. The molecule has 2 rings (SSSR count). The first-order valence-corrected chi connectivity index (χ1v) is 7.95. The van der Waals surface area contributed by atoms with E-state index in [2.05, 4.69) is 50.5 Å². The van der Waals surface area contributed by atoms with Crippen LogP contribution in [0.1, 0.15) is 69.0 Å². The molecule has 112 valence electrons. The third-order valence-electron chi connectivity index (χ3n) is 4.86. The van der Waals surface area contributed by atoms with Crippen LogP contribution in [0, 0.1) is 0 Å². The van der Waals surface area contributed by atoms with E-state index in [9.17, 15) is 0 Å². The summed E-state index contributed by atoms with van der Waals surface area (Å²) in [6, 6.07) is 9.35. The summed E-state index contributed by atoms with van der Waals surface area (Å²) >= 11 is 0. The Hall–Kier alpha value is -0.860. The Bertz CT molecular complexity index is 404. The van der Waals surface area contributed by atoms with E-state index in [0.717, 1.165) is 12.8 Å². The van der Waals surface area contributed by atoms with Gasteiger partial charge in [-0.2, -0.15) is 0 Å². The molecule has 0 amide bonds. The molecule has 1 aliphatic rings. The number of likely N-dealkylation sites (N-methyl/N-ethyl adjacent to an activating group) is 1. The quantitative estimate of drug-likeness (QED) is 0.859. The Kier molecular flexibility index (Phi) is 5.22. The van der Waals surface area contributed by atoms with Crippen molar-refractivity contribution in [3.63, 3.8) is 0 Å². The minimum Gasteiger partial charge on any atom is -0.376 e. The second-order valence-electron chi connectivity index (χ2n) is 6.37. The summed E-state index contributed by atoms with van der Waals surface area (Å²) in [6.45, 7) is 4.48. The van der Waals surface area contributed by atoms with Crippen LogP contribution in [0.25, 0.3) is 0 Å². The van der Waals surface area contributed by atoms with Gasteiger partial charge in [0.05, 0.1) is 11.6 Å². The van der Waals surface area contributed by atoms with Crippen molar-refractivity contribution in [3.05, 3.63) is 35.4 Å². The zero-order valence-electron chi connectivity index (χ0n) is 13.4. The third kappa shape index (κ3) is 3.07. The van der Waals surface area contributed by atoms with E-state index in [1.54, 1.807) is 0 Å². The molecule has 0 heterocycles. The summed E-state index contributed by atoms with van der Waals surface area (Å²) in [4.78, 5) is 0. The highest BCUT2D eigenvalue weighted by atomic mass is 16.5. The van der Waals surface area contributed by atoms with Crippen LogP contribution in [-0.2, 0) is 4.74 Å². The predicted molar refractivity (Wildman–Crippen MR) is 85.2 cm³/mol. The Morgan fingerprint density at radius 3 is 2.00 bits per heavy atom. The maximum absolute atomic E-state index is 6.00. The standard InChI is InChI=1S/C18H29NO/c1-14(2)15-8-10-16(11-9-15)17(19-3)18(20-4)12-6-5-7-13-18/h8-11,14,17,19H,5-7,12-13H2,1-4H3. The fourth-order valence-corrected chi connectivity index (χ4v) is 3.57. The Labute approximate surface area is 123 Å². The van der Waals surface area contributed by atoms with Crippen LogP contribution in [0.3, 0.4) is 0 Å². The van der Waals surface area contributed by atoms with Gasteiger partial charge in [0.1, 0.15) is 0 Å². The first kappa shape index (κ1) is 15.5. The predicted octanol–water partition coefficient (Wildman–Crippen LogP) is 4.42. The zero-order chi connectivity index (χ0) is 14.6. The van der Waals surface area contributed by atoms with E-state index in [1.807, 2.05) is 7.11 Å². The minimum atomic E-state index is -0.0354. The Balaban J connectivity index is 2.26. The van der Waals surface area contributed by atoms with Crippen LogP contribution >= 0.6 is 0 Å². The van der Waals surface area contributed by atoms with Crippen molar-refractivity contribution in [3.8, 4) is 0 Å². The van der Waals surface area contributed by atoms with E-state index in [-0.39, 0.29) is 11.6 Å². The van der Waals surface area contributed by atoms with E-state index in [0.29, 0.717) is 5.92 Å². The minimum absolute atomic E-state index is 0.0354. The number of methoxy groups -OCH3 is 1. The monoisotopic (exact) mass is 275 g/mol. The molecule has 1 saturated carbocycles. The van der Waals surface area contributed by atoms with Gasteiger partial charge in [0.15, 0.2) is 0 Å². The van der Waals surface area contributed by atoms with Crippen LogP contribution in [0.4, 0.5) is 0 Å². The van der Waals surface area contributed by atoms with Crippen LogP contribution in [-0.4, -0.2) is 19.8 Å². The Morgan fingerprint density at radius 1 is 1.00 bits per heavy atom. The van der Waals surface area contributed by atoms with Crippen molar-refractivity contribution >= 4 is 0 Å². The number of nitrogens with one attached hydrogen (secondary N) is 1. The molecular weight excluding hydrogens is 246 g/mol. The van der Waals surface area contributed by atoms with Gasteiger partial charge in [0.2, 0.25) is 0 Å². The van der Waals surface area contributed by atoms with Gasteiger partial charge in [-0.15, -0.1) is 0 Å². The fourth-order valence-electron chi connectivity index (χ4n) is 3.57. The molecule has 1 atom stereocenters. The van der Waals surface area contributed by atoms with Gasteiger partial charge in [0.25, 0.3) is 0 Å². The lowest BCUT2D eigenvalue weighted by molar-refractivity contribution is -0.0671. The number of hydrogen-bond donors (Lipinski definition) is 1. The average molecular weight is 275 g/mol. The molecule has 0 aliphatic heterocycles. The van der Waals surface area contributed by atoms with Gasteiger partial charge in [-0.3, -0.25) is 0 Å². The molecule has 1 aliphatic carbocycles. The molecule has 0 radical (unpaired) electrons. The van der Waals surface area contributed by atoms with Gasteiger partial charge in [0, 0.05) is 7.11 Å². The number of benzene rings is 1. The molecule has 0 bridgehead atoms. The van der Waals surface area contributed by atoms with Gasteiger partial charge in [-0.1, -0.05) is 57.4 Å². The van der Waals surface area contributed by atoms with Crippen molar-refractivity contribution in [2.24, 2.45) is 0 Å². The number of ether oxygens (including phenoxy) is 1. The van der Waals surface area contributed by atoms with Crippen molar-refractivity contribution in [1.29, 1.82) is 0 Å². The molecular formula is C18H29NO. The number of rotatable bonds is 5. The van der Waals surface area contributed by atoms with Crippen LogP contribution in [0.2, 0.25) is 0 Å². The van der Waals surface area contributed by atoms with Crippen molar-refractivity contribution in [2.45, 2.75) is 63.5 Å². The second-order valence-corrected chi connectivity index (χ2v) is 6.37. The smallest absolute Gasteiger partial charge is 0.0872 e. The zero-order valence-corrected chi connectivity index (χ0v) is 13.4. The molecule has 0 aromatic heterocycles. The van der Waals surface area contributed by atoms with E-state index < -0.39 is 0 Å².